The molecule has 0 aliphatic heterocycles. The third-order valence-corrected chi connectivity index (χ3v) is 4.92. The maximum absolute atomic E-state index is 12.6. The quantitative estimate of drug-likeness (QED) is 0.816. The smallest absolute Gasteiger partial charge is 0.159 e. The van der Waals surface area contributed by atoms with Gasteiger partial charge in [-0.15, -0.1) is 11.3 Å². The molecule has 0 saturated heterocycles. The predicted octanol–water partition coefficient (Wildman–Crippen LogP) is 3.53. The van der Waals surface area contributed by atoms with Gasteiger partial charge in [0.15, 0.2) is 5.78 Å². The lowest BCUT2D eigenvalue weighted by molar-refractivity contribution is -0.128. The Bertz CT molecular complexity index is 566. The van der Waals surface area contributed by atoms with Gasteiger partial charge >= 0.3 is 0 Å². The molecule has 0 atom stereocenters. The second kappa shape index (κ2) is 6.02. The zero-order valence-corrected chi connectivity index (χ0v) is 13.5. The minimum Gasteiger partial charge on any atom is -0.297 e. The van der Waals surface area contributed by atoms with Gasteiger partial charge in [-0.1, -0.05) is 26.0 Å². The molecule has 108 valence electrons. The molecule has 0 saturated carbocycles. The van der Waals surface area contributed by atoms with E-state index in [9.17, 15) is 4.79 Å². The number of hydrogen-bond acceptors (Lipinski definition) is 4. The largest absolute Gasteiger partial charge is 0.297 e. The lowest BCUT2D eigenvalue weighted by Crippen LogP contribution is -2.50. The normalized spacial score (nSPS) is 12.2. The first kappa shape index (κ1) is 15.1. The highest BCUT2D eigenvalue weighted by Crippen LogP contribution is 2.24. The molecule has 2 rings (SSSR count). The summed E-state index contributed by atoms with van der Waals surface area (Å²) in [7, 11) is 0. The van der Waals surface area contributed by atoms with Crippen LogP contribution >= 0.6 is 11.3 Å². The van der Waals surface area contributed by atoms with E-state index in [2.05, 4.69) is 29.8 Å². The van der Waals surface area contributed by atoms with Gasteiger partial charge in [0.1, 0.15) is 5.01 Å². The third-order valence-electron chi connectivity index (χ3n) is 3.89. The van der Waals surface area contributed by atoms with Gasteiger partial charge in [0, 0.05) is 0 Å². The monoisotopic (exact) mass is 290 g/mol. The molecule has 1 aromatic carbocycles. The molecular formula is C16H22N2OS. The summed E-state index contributed by atoms with van der Waals surface area (Å²) in [6.07, 6.45) is 0.419. The summed E-state index contributed by atoms with van der Waals surface area (Å²) in [6.45, 7) is 9.97. The number of ketones is 1. The minimum absolute atomic E-state index is 0.236. The van der Waals surface area contributed by atoms with Gasteiger partial charge in [-0.05, 0) is 39.1 Å². The van der Waals surface area contributed by atoms with Crippen LogP contribution in [0.15, 0.2) is 24.3 Å². The summed E-state index contributed by atoms with van der Waals surface area (Å²) in [5.74, 6) is 0.236. The minimum atomic E-state index is -0.429. The Balaban J connectivity index is 2.18. The highest BCUT2D eigenvalue weighted by Gasteiger charge is 2.32. The number of para-hydroxylation sites is 1. The van der Waals surface area contributed by atoms with Gasteiger partial charge in [-0.3, -0.25) is 9.69 Å². The average Bonchev–Trinajstić information content (AvgIpc) is 2.81. The van der Waals surface area contributed by atoms with Crippen molar-refractivity contribution in [2.24, 2.45) is 0 Å². The number of aromatic nitrogens is 1. The van der Waals surface area contributed by atoms with Crippen LogP contribution in [-0.2, 0) is 11.2 Å². The van der Waals surface area contributed by atoms with E-state index in [1.165, 1.54) is 0 Å². The van der Waals surface area contributed by atoms with Crippen LogP contribution in [-0.4, -0.2) is 34.3 Å². The molecule has 2 aromatic rings. The Morgan fingerprint density at radius 2 is 1.90 bits per heavy atom. The lowest BCUT2D eigenvalue weighted by Gasteiger charge is -2.35. The van der Waals surface area contributed by atoms with Crippen molar-refractivity contribution in [1.29, 1.82) is 0 Å². The summed E-state index contributed by atoms with van der Waals surface area (Å²) in [4.78, 5) is 19.3. The van der Waals surface area contributed by atoms with E-state index in [1.54, 1.807) is 11.3 Å². The Hall–Kier alpha value is -1.26. The molecule has 0 N–H and O–H groups in total. The number of likely N-dealkylation sites (N-methyl/N-ethyl adjacent to an activating group) is 1. The predicted molar refractivity (Wildman–Crippen MR) is 85.3 cm³/mol. The van der Waals surface area contributed by atoms with Crippen molar-refractivity contribution in [2.75, 3.05) is 13.1 Å². The van der Waals surface area contributed by atoms with Crippen molar-refractivity contribution in [1.82, 2.24) is 9.88 Å². The lowest BCUT2D eigenvalue weighted by atomic mass is 9.94. The van der Waals surface area contributed by atoms with E-state index in [-0.39, 0.29) is 5.78 Å². The maximum Gasteiger partial charge on any atom is 0.159 e. The molecule has 0 aliphatic rings. The summed E-state index contributed by atoms with van der Waals surface area (Å²) < 4.78 is 1.15. The fourth-order valence-electron chi connectivity index (χ4n) is 2.54. The number of rotatable bonds is 6. The van der Waals surface area contributed by atoms with Gasteiger partial charge in [0.25, 0.3) is 0 Å². The zero-order valence-electron chi connectivity index (χ0n) is 12.6. The average molecular weight is 290 g/mol. The SMILES string of the molecule is CCN(CC)C(C)(C)C(=O)Cc1nc2ccccc2s1. The Morgan fingerprint density at radius 1 is 1.25 bits per heavy atom. The van der Waals surface area contributed by atoms with E-state index >= 15 is 0 Å². The summed E-state index contributed by atoms with van der Waals surface area (Å²) >= 11 is 1.62. The summed E-state index contributed by atoms with van der Waals surface area (Å²) in [5, 5.41) is 0.913. The Labute approximate surface area is 124 Å². The standard InChI is InChI=1S/C16H22N2OS/c1-5-18(6-2)16(3,4)14(19)11-15-17-12-9-7-8-10-13(12)20-15/h7-10H,5-6,11H2,1-4H3. The van der Waals surface area contributed by atoms with Gasteiger partial charge in [-0.2, -0.15) is 0 Å². The van der Waals surface area contributed by atoms with Crippen molar-refractivity contribution >= 4 is 27.3 Å². The molecule has 0 amide bonds. The fraction of sp³-hybridized carbons (Fsp3) is 0.500. The van der Waals surface area contributed by atoms with Crippen molar-refractivity contribution in [3.8, 4) is 0 Å². The number of thiazole rings is 1. The molecule has 4 heteroatoms. The van der Waals surface area contributed by atoms with Crippen LogP contribution in [0.25, 0.3) is 10.2 Å². The van der Waals surface area contributed by atoms with Crippen LogP contribution in [0.5, 0.6) is 0 Å². The van der Waals surface area contributed by atoms with E-state index in [1.807, 2.05) is 32.0 Å². The Kier molecular flexibility index (Phi) is 4.55. The first-order chi connectivity index (χ1) is 9.48. The van der Waals surface area contributed by atoms with E-state index < -0.39 is 5.54 Å². The number of fused-ring (bicyclic) bond motifs is 1. The molecule has 0 radical (unpaired) electrons. The highest BCUT2D eigenvalue weighted by molar-refractivity contribution is 7.18. The Morgan fingerprint density at radius 3 is 2.50 bits per heavy atom. The third kappa shape index (κ3) is 2.91. The van der Waals surface area contributed by atoms with Crippen molar-refractivity contribution < 1.29 is 4.79 Å². The first-order valence-electron chi connectivity index (χ1n) is 7.11. The topological polar surface area (TPSA) is 33.2 Å². The van der Waals surface area contributed by atoms with Crippen LogP contribution in [0, 0.1) is 0 Å². The van der Waals surface area contributed by atoms with Crippen LogP contribution in [0.1, 0.15) is 32.7 Å². The van der Waals surface area contributed by atoms with E-state index in [0.29, 0.717) is 6.42 Å². The van der Waals surface area contributed by atoms with Gasteiger partial charge in [0.05, 0.1) is 22.2 Å². The van der Waals surface area contributed by atoms with Crippen molar-refractivity contribution in [2.45, 2.75) is 39.7 Å². The van der Waals surface area contributed by atoms with Crippen LogP contribution in [0.4, 0.5) is 0 Å². The number of benzene rings is 1. The van der Waals surface area contributed by atoms with Gasteiger partial charge in [-0.25, -0.2) is 4.98 Å². The molecule has 3 nitrogen and oxygen atoms in total. The molecule has 0 aliphatic carbocycles. The molecule has 1 aromatic heterocycles. The van der Waals surface area contributed by atoms with E-state index in [0.717, 1.165) is 28.3 Å². The van der Waals surface area contributed by atoms with Crippen molar-refractivity contribution in [3.63, 3.8) is 0 Å². The number of Topliss-reactive ketones (excluding diaryl/α,β-unsaturated/α-hetero) is 1. The summed E-state index contributed by atoms with van der Waals surface area (Å²) in [6, 6.07) is 8.03. The number of carbonyl (C=O) groups excluding carboxylic acids is 1. The molecule has 20 heavy (non-hydrogen) atoms. The molecule has 0 fully saturated rings. The van der Waals surface area contributed by atoms with Crippen molar-refractivity contribution in [3.05, 3.63) is 29.3 Å². The van der Waals surface area contributed by atoms with Crippen LogP contribution < -0.4 is 0 Å². The van der Waals surface area contributed by atoms with Gasteiger partial charge < -0.3 is 0 Å². The number of carbonyl (C=O) groups is 1. The fourth-order valence-corrected chi connectivity index (χ4v) is 3.51. The number of nitrogens with zero attached hydrogens (tertiary/aromatic N) is 2. The van der Waals surface area contributed by atoms with Crippen LogP contribution in [0.3, 0.4) is 0 Å². The molecule has 0 spiro atoms. The molecule has 1 heterocycles. The maximum atomic E-state index is 12.6. The highest BCUT2D eigenvalue weighted by atomic mass is 32.1. The first-order valence-corrected chi connectivity index (χ1v) is 7.93. The number of hydrogen-bond donors (Lipinski definition) is 0. The second-order valence-electron chi connectivity index (χ2n) is 5.41. The van der Waals surface area contributed by atoms with Crippen LogP contribution in [0.2, 0.25) is 0 Å². The zero-order chi connectivity index (χ0) is 14.8. The molecule has 0 bridgehead atoms. The molecule has 0 unspecified atom stereocenters. The summed E-state index contributed by atoms with van der Waals surface area (Å²) in [5.41, 5.74) is 0.558. The van der Waals surface area contributed by atoms with Gasteiger partial charge in [0.2, 0.25) is 0 Å². The van der Waals surface area contributed by atoms with E-state index in [4.69, 9.17) is 0 Å². The molecular weight excluding hydrogens is 268 g/mol. The second-order valence-corrected chi connectivity index (χ2v) is 6.52.